The van der Waals surface area contributed by atoms with Crippen molar-refractivity contribution in [3.8, 4) is 0 Å². The van der Waals surface area contributed by atoms with Gasteiger partial charge in [0.25, 0.3) is 0 Å². The molecule has 3 nitrogen and oxygen atoms in total. The first-order chi connectivity index (χ1) is 9.57. The molecular weight excluding hydrogens is 436 g/mol. The number of ketones is 1. The van der Waals surface area contributed by atoms with Gasteiger partial charge in [-0.15, -0.1) is 0 Å². The van der Waals surface area contributed by atoms with Gasteiger partial charge in [-0.1, -0.05) is 53.9 Å². The average molecular weight is 468 g/mol. The average Bonchev–Trinajstić information content (AvgIpc) is 2.49. The molecule has 1 spiro atoms. The van der Waals surface area contributed by atoms with Crippen LogP contribution in [0.2, 0.25) is 0 Å². The summed E-state index contributed by atoms with van der Waals surface area (Å²) in [5.74, 6) is -1.21. The minimum Gasteiger partial charge on any atom is -0.365 e. The van der Waals surface area contributed by atoms with Gasteiger partial charge in [0, 0.05) is 33.4 Å². The summed E-state index contributed by atoms with van der Waals surface area (Å²) in [6, 6.07) is 0. The van der Waals surface area contributed by atoms with Gasteiger partial charge in [-0.3, -0.25) is 4.79 Å². The number of carbonyl (C=O) groups is 1. The van der Waals surface area contributed by atoms with Crippen molar-refractivity contribution in [3.05, 3.63) is 0 Å². The molecule has 3 unspecified atom stereocenters. The zero-order valence-electron chi connectivity index (χ0n) is 14.3. The van der Waals surface area contributed by atoms with E-state index in [-0.39, 0.29) is 44.3 Å². The first-order valence-electron chi connectivity index (χ1n) is 8.54. The Morgan fingerprint density at radius 2 is 1.57 bits per heavy atom. The maximum absolute atomic E-state index is 12.2. The van der Waals surface area contributed by atoms with E-state index in [1.807, 2.05) is 34.6 Å². The van der Waals surface area contributed by atoms with Crippen molar-refractivity contribution < 1.29 is 35.7 Å². The zero-order valence-corrected chi connectivity index (χ0v) is 17.2. The second kappa shape index (κ2) is 8.79. The Kier molecular flexibility index (Phi) is 8.91. The van der Waals surface area contributed by atoms with Gasteiger partial charge in [-0.25, -0.2) is 0 Å². The molecule has 1 N–H and O–H groups in total. The fourth-order valence-electron chi connectivity index (χ4n) is 3.92. The SMILES string of the molecule is CC.CC.CC1C(=O)C2CCC1(O)OC21CCCCC1.[W]. The second-order valence-corrected chi connectivity index (χ2v) is 5.79. The predicted molar refractivity (Wildman–Crippen MR) is 81.4 cm³/mol. The third-order valence-corrected chi connectivity index (χ3v) is 4.95. The van der Waals surface area contributed by atoms with Crippen LogP contribution in [-0.2, 0) is 30.6 Å². The predicted octanol–water partition coefficient (Wildman–Crippen LogP) is 4.07. The van der Waals surface area contributed by atoms with Gasteiger partial charge in [0.1, 0.15) is 5.78 Å². The molecule has 2 heterocycles. The van der Waals surface area contributed by atoms with E-state index in [9.17, 15) is 9.90 Å². The number of aliphatic hydroxyl groups is 1. The molecule has 2 saturated heterocycles. The third kappa shape index (κ3) is 3.79. The van der Waals surface area contributed by atoms with Crippen LogP contribution in [0.5, 0.6) is 0 Å². The molecule has 0 aromatic heterocycles. The number of Topliss-reactive ketones (excluding diaryl/α,β-unsaturated/α-hetero) is 1. The molecule has 21 heavy (non-hydrogen) atoms. The molecule has 4 heteroatoms. The Morgan fingerprint density at radius 1 is 1.05 bits per heavy atom. The maximum atomic E-state index is 12.2. The summed E-state index contributed by atoms with van der Waals surface area (Å²) in [4.78, 5) is 12.2. The quantitative estimate of drug-likeness (QED) is 0.583. The van der Waals surface area contributed by atoms with E-state index in [1.54, 1.807) is 0 Å². The van der Waals surface area contributed by atoms with Gasteiger partial charge in [0.15, 0.2) is 5.79 Å². The summed E-state index contributed by atoms with van der Waals surface area (Å²) in [7, 11) is 0. The number of hydrogen-bond acceptors (Lipinski definition) is 3. The molecule has 124 valence electrons. The van der Waals surface area contributed by atoms with Crippen LogP contribution in [0.1, 0.15) is 79.6 Å². The van der Waals surface area contributed by atoms with Crippen LogP contribution in [0, 0.1) is 11.8 Å². The zero-order chi connectivity index (χ0) is 15.4. The summed E-state index contributed by atoms with van der Waals surface area (Å²) >= 11 is 0. The Bertz CT molecular complexity index is 326. The molecule has 3 atom stereocenters. The van der Waals surface area contributed by atoms with Crippen molar-refractivity contribution in [2.45, 2.75) is 91.0 Å². The van der Waals surface area contributed by atoms with Gasteiger partial charge in [-0.2, -0.15) is 0 Å². The summed E-state index contributed by atoms with van der Waals surface area (Å²) in [6.07, 6.45) is 6.87. The molecule has 0 aromatic rings. The van der Waals surface area contributed by atoms with Crippen LogP contribution >= 0.6 is 0 Å². The molecule has 4 fully saturated rings. The standard InChI is InChI=1S/C13H20O3.2C2H6.W/c1-9-11(14)10-5-8-13(9,15)16-12(10)6-3-2-4-7-12;2*1-2;/h9-10,15H,2-8H2,1H3;2*1-2H3;. The van der Waals surface area contributed by atoms with Gasteiger partial charge < -0.3 is 9.84 Å². The monoisotopic (exact) mass is 468 g/mol. The van der Waals surface area contributed by atoms with Crippen molar-refractivity contribution in [3.63, 3.8) is 0 Å². The van der Waals surface area contributed by atoms with Crippen LogP contribution in [0.25, 0.3) is 0 Å². The molecular formula is C17H32O3W. The summed E-state index contributed by atoms with van der Waals surface area (Å²) in [5, 5.41) is 10.4. The Morgan fingerprint density at radius 3 is 2.05 bits per heavy atom. The van der Waals surface area contributed by atoms with Crippen molar-refractivity contribution in [1.82, 2.24) is 0 Å². The summed E-state index contributed by atoms with van der Waals surface area (Å²) in [6.45, 7) is 9.81. The maximum Gasteiger partial charge on any atom is 0.175 e. The van der Waals surface area contributed by atoms with Gasteiger partial charge in [0.05, 0.1) is 11.5 Å². The van der Waals surface area contributed by atoms with Crippen LogP contribution in [-0.4, -0.2) is 22.3 Å². The number of carbonyl (C=O) groups excluding carboxylic acids is 1. The van der Waals surface area contributed by atoms with E-state index < -0.39 is 5.79 Å². The number of rotatable bonds is 0. The van der Waals surface area contributed by atoms with E-state index >= 15 is 0 Å². The first-order valence-corrected chi connectivity index (χ1v) is 8.54. The third-order valence-electron chi connectivity index (χ3n) is 4.95. The van der Waals surface area contributed by atoms with Gasteiger partial charge in [0.2, 0.25) is 0 Å². The number of ether oxygens (including phenoxy) is 1. The second-order valence-electron chi connectivity index (χ2n) is 5.79. The van der Waals surface area contributed by atoms with E-state index in [2.05, 4.69) is 0 Å². The van der Waals surface area contributed by atoms with Crippen molar-refractivity contribution in [2.75, 3.05) is 0 Å². The molecule has 0 radical (unpaired) electrons. The summed E-state index contributed by atoms with van der Waals surface area (Å²) < 4.78 is 6.02. The minimum atomic E-state index is -1.16. The molecule has 2 saturated carbocycles. The molecule has 4 rings (SSSR count). The van der Waals surface area contributed by atoms with E-state index in [1.165, 1.54) is 6.42 Å². The topological polar surface area (TPSA) is 46.5 Å². The molecule has 4 aliphatic rings. The van der Waals surface area contributed by atoms with Gasteiger partial charge >= 0.3 is 0 Å². The molecule has 0 amide bonds. The summed E-state index contributed by atoms with van der Waals surface area (Å²) in [5.41, 5.74) is -0.311. The smallest absolute Gasteiger partial charge is 0.175 e. The normalized spacial score (nSPS) is 35.8. The van der Waals surface area contributed by atoms with Crippen LogP contribution < -0.4 is 0 Å². The van der Waals surface area contributed by atoms with Gasteiger partial charge in [-0.05, 0) is 19.3 Å². The fraction of sp³-hybridized carbons (Fsp3) is 0.941. The van der Waals surface area contributed by atoms with Crippen molar-refractivity contribution in [2.24, 2.45) is 11.8 Å². The largest absolute Gasteiger partial charge is 0.365 e. The van der Waals surface area contributed by atoms with Crippen molar-refractivity contribution in [1.29, 1.82) is 0 Å². The number of hydrogen-bond donors (Lipinski definition) is 1. The minimum absolute atomic E-state index is 0. The fourth-order valence-corrected chi connectivity index (χ4v) is 3.92. The Labute approximate surface area is 144 Å². The van der Waals surface area contributed by atoms with Crippen LogP contribution in [0.4, 0.5) is 0 Å². The van der Waals surface area contributed by atoms with Crippen molar-refractivity contribution >= 4 is 5.78 Å². The van der Waals surface area contributed by atoms with E-state index in [0.717, 1.165) is 32.1 Å². The molecule has 0 aromatic carbocycles. The van der Waals surface area contributed by atoms with E-state index in [4.69, 9.17) is 4.74 Å². The molecule has 2 aliphatic heterocycles. The molecule has 2 aliphatic carbocycles. The first kappa shape index (κ1) is 21.3. The van der Waals surface area contributed by atoms with Crippen LogP contribution in [0.3, 0.4) is 0 Å². The molecule has 2 bridgehead atoms. The Balaban J connectivity index is 0.000000741. The van der Waals surface area contributed by atoms with E-state index in [0.29, 0.717) is 6.42 Å². The Hall–Kier alpha value is 0.278. The number of fused-ring (bicyclic) bond motifs is 2. The van der Waals surface area contributed by atoms with Crippen LogP contribution in [0.15, 0.2) is 0 Å².